The molecular formula is C32H25ClN2O2. The van der Waals surface area contributed by atoms with Crippen molar-refractivity contribution in [3.63, 3.8) is 0 Å². The van der Waals surface area contributed by atoms with E-state index in [0.29, 0.717) is 5.02 Å². The lowest BCUT2D eigenvalue weighted by atomic mass is 9.95. The molecule has 0 aliphatic carbocycles. The first-order chi connectivity index (χ1) is 18.2. The van der Waals surface area contributed by atoms with E-state index in [0.717, 1.165) is 56.4 Å². The number of benzene rings is 4. The van der Waals surface area contributed by atoms with Gasteiger partial charge in [0, 0.05) is 33.1 Å². The van der Waals surface area contributed by atoms with Gasteiger partial charge in [-0.3, -0.25) is 4.98 Å². The predicted octanol–water partition coefficient (Wildman–Crippen LogP) is 7.83. The first-order valence-electron chi connectivity index (χ1n) is 12.1. The second kappa shape index (κ2) is 9.64. The third-order valence-electron chi connectivity index (χ3n) is 6.79. The monoisotopic (exact) mass is 504 g/mol. The average Bonchev–Trinajstić information content (AvgIpc) is 3.28. The number of hydrogen-bond donors (Lipinski definition) is 0. The first-order valence-corrected chi connectivity index (χ1v) is 12.5. The highest BCUT2D eigenvalue weighted by atomic mass is 35.5. The number of ether oxygens (including phenoxy) is 1. The molecule has 0 saturated carbocycles. The molecule has 0 unspecified atom stereocenters. The SMILES string of the molecule is COc1ccc(-c2ncc3c4c(Cc5ccccc5)cccc4n(OC)c3c2-c2ccc(Cl)cc2)cc1. The Bertz CT molecular complexity index is 1710. The molecule has 0 atom stereocenters. The van der Waals surface area contributed by atoms with Gasteiger partial charge in [0.1, 0.15) is 12.9 Å². The van der Waals surface area contributed by atoms with Gasteiger partial charge in [-0.1, -0.05) is 66.2 Å². The molecule has 4 nitrogen and oxygen atoms in total. The van der Waals surface area contributed by atoms with Gasteiger partial charge in [-0.15, -0.1) is 0 Å². The van der Waals surface area contributed by atoms with Crippen LogP contribution in [0.25, 0.3) is 44.2 Å². The van der Waals surface area contributed by atoms with Crippen LogP contribution in [-0.4, -0.2) is 23.9 Å². The normalized spacial score (nSPS) is 11.2. The van der Waals surface area contributed by atoms with E-state index in [9.17, 15) is 0 Å². The van der Waals surface area contributed by atoms with Crippen molar-refractivity contribution in [2.75, 3.05) is 14.2 Å². The van der Waals surface area contributed by atoms with Gasteiger partial charge < -0.3 is 9.57 Å². The maximum absolute atomic E-state index is 6.27. The molecule has 0 spiro atoms. The third kappa shape index (κ3) is 4.09. The zero-order chi connectivity index (χ0) is 25.4. The van der Waals surface area contributed by atoms with Crippen LogP contribution in [0, 0.1) is 0 Å². The molecule has 182 valence electrons. The first kappa shape index (κ1) is 23.1. The minimum atomic E-state index is 0.687. The van der Waals surface area contributed by atoms with Crippen molar-refractivity contribution < 1.29 is 9.57 Å². The molecule has 0 fully saturated rings. The number of aromatic nitrogens is 2. The van der Waals surface area contributed by atoms with Crippen LogP contribution in [0.3, 0.4) is 0 Å². The molecule has 0 amide bonds. The van der Waals surface area contributed by atoms with Crippen LogP contribution >= 0.6 is 11.6 Å². The van der Waals surface area contributed by atoms with Crippen LogP contribution in [0.1, 0.15) is 11.1 Å². The smallest absolute Gasteiger partial charge is 0.118 e. The number of rotatable bonds is 6. The van der Waals surface area contributed by atoms with Crippen LogP contribution in [0.2, 0.25) is 5.02 Å². The zero-order valence-corrected chi connectivity index (χ0v) is 21.4. The molecule has 2 aromatic heterocycles. The second-order valence-electron chi connectivity index (χ2n) is 8.93. The molecule has 0 aliphatic rings. The lowest BCUT2D eigenvalue weighted by Crippen LogP contribution is -2.06. The minimum absolute atomic E-state index is 0.687. The maximum Gasteiger partial charge on any atom is 0.118 e. The summed E-state index contributed by atoms with van der Waals surface area (Å²) >= 11 is 6.27. The minimum Gasteiger partial charge on any atom is -0.497 e. The van der Waals surface area contributed by atoms with Gasteiger partial charge in [-0.2, -0.15) is 4.73 Å². The van der Waals surface area contributed by atoms with Crippen LogP contribution in [0.5, 0.6) is 5.75 Å². The molecule has 0 N–H and O–H groups in total. The summed E-state index contributed by atoms with van der Waals surface area (Å²) < 4.78 is 7.31. The lowest BCUT2D eigenvalue weighted by Gasteiger charge is -2.14. The van der Waals surface area contributed by atoms with Gasteiger partial charge in [0.15, 0.2) is 0 Å². The van der Waals surface area contributed by atoms with Gasteiger partial charge in [0.2, 0.25) is 0 Å². The fourth-order valence-corrected chi connectivity index (χ4v) is 5.22. The van der Waals surface area contributed by atoms with Crippen molar-refractivity contribution in [3.05, 3.63) is 119 Å². The van der Waals surface area contributed by atoms with Crippen LogP contribution in [0.15, 0.2) is 103 Å². The average molecular weight is 505 g/mol. The van der Waals surface area contributed by atoms with E-state index < -0.39 is 0 Å². The molecule has 5 heteroatoms. The van der Waals surface area contributed by atoms with Gasteiger partial charge in [-0.25, -0.2) is 0 Å². The Hall–Kier alpha value is -4.28. The van der Waals surface area contributed by atoms with E-state index in [1.807, 2.05) is 65.5 Å². The summed E-state index contributed by atoms with van der Waals surface area (Å²) in [5, 5.41) is 2.88. The van der Waals surface area contributed by atoms with Crippen molar-refractivity contribution in [2.45, 2.75) is 6.42 Å². The largest absolute Gasteiger partial charge is 0.497 e. The van der Waals surface area contributed by atoms with E-state index in [1.54, 1.807) is 14.2 Å². The van der Waals surface area contributed by atoms with Crippen molar-refractivity contribution in [3.8, 4) is 28.1 Å². The third-order valence-corrected chi connectivity index (χ3v) is 7.04. The second-order valence-corrected chi connectivity index (χ2v) is 9.37. The lowest BCUT2D eigenvalue weighted by molar-refractivity contribution is 0.190. The van der Waals surface area contributed by atoms with Crippen molar-refractivity contribution in [1.29, 1.82) is 0 Å². The molecular weight excluding hydrogens is 480 g/mol. The van der Waals surface area contributed by atoms with E-state index in [1.165, 1.54) is 11.1 Å². The van der Waals surface area contributed by atoms with E-state index in [2.05, 4.69) is 42.5 Å². The van der Waals surface area contributed by atoms with E-state index >= 15 is 0 Å². The number of hydrogen-bond acceptors (Lipinski definition) is 3. The molecule has 0 aliphatic heterocycles. The Morgan fingerprint density at radius 2 is 1.51 bits per heavy atom. The van der Waals surface area contributed by atoms with Crippen molar-refractivity contribution in [1.82, 2.24) is 9.71 Å². The van der Waals surface area contributed by atoms with E-state index in [4.69, 9.17) is 26.2 Å². The molecule has 6 rings (SSSR count). The van der Waals surface area contributed by atoms with Crippen LogP contribution < -0.4 is 9.57 Å². The Kier molecular flexibility index (Phi) is 6.03. The standard InChI is InChI=1S/C32H25ClN2O2/c1-36-26-17-13-23(14-18-26)31-30(22-11-15-25(33)16-12-22)32-27(20-34-31)29-24(19-21-7-4-3-5-8-21)9-6-10-28(29)35(32)37-2/h3-18,20H,19H2,1-2H3. The summed E-state index contributed by atoms with van der Waals surface area (Å²) in [6.45, 7) is 0. The van der Waals surface area contributed by atoms with Gasteiger partial charge in [0.25, 0.3) is 0 Å². The summed E-state index contributed by atoms with van der Waals surface area (Å²) in [6, 6.07) is 32.8. The Morgan fingerprint density at radius 1 is 0.784 bits per heavy atom. The summed E-state index contributed by atoms with van der Waals surface area (Å²) in [5.74, 6) is 0.800. The van der Waals surface area contributed by atoms with Crippen molar-refractivity contribution in [2.24, 2.45) is 0 Å². The Labute approximate surface area is 220 Å². The van der Waals surface area contributed by atoms with Crippen molar-refractivity contribution >= 4 is 33.4 Å². The molecule has 0 radical (unpaired) electrons. The predicted molar refractivity (Wildman–Crippen MR) is 151 cm³/mol. The molecule has 37 heavy (non-hydrogen) atoms. The number of methoxy groups -OCH3 is 1. The molecule has 0 bridgehead atoms. The highest BCUT2D eigenvalue weighted by molar-refractivity contribution is 6.30. The number of nitrogens with zero attached hydrogens (tertiary/aromatic N) is 2. The molecule has 2 heterocycles. The quantitative estimate of drug-likeness (QED) is 0.232. The van der Waals surface area contributed by atoms with Gasteiger partial charge in [0.05, 0.1) is 23.8 Å². The molecule has 0 saturated heterocycles. The summed E-state index contributed by atoms with van der Waals surface area (Å²) in [4.78, 5) is 11.1. The highest BCUT2D eigenvalue weighted by Crippen LogP contribution is 2.42. The Balaban J connectivity index is 1.68. The fourth-order valence-electron chi connectivity index (χ4n) is 5.09. The van der Waals surface area contributed by atoms with E-state index in [-0.39, 0.29) is 0 Å². The van der Waals surface area contributed by atoms with Gasteiger partial charge in [-0.05, 0) is 65.6 Å². The Morgan fingerprint density at radius 3 is 2.22 bits per heavy atom. The fraction of sp³-hybridized carbons (Fsp3) is 0.0938. The summed E-state index contributed by atoms with van der Waals surface area (Å²) in [6.07, 6.45) is 2.79. The number of halogens is 1. The molecule has 6 aromatic rings. The summed E-state index contributed by atoms with van der Waals surface area (Å²) in [5.41, 5.74) is 8.32. The maximum atomic E-state index is 6.27. The highest BCUT2D eigenvalue weighted by Gasteiger charge is 2.22. The van der Waals surface area contributed by atoms with Gasteiger partial charge >= 0.3 is 0 Å². The topological polar surface area (TPSA) is 36.3 Å². The summed E-state index contributed by atoms with van der Waals surface area (Å²) in [7, 11) is 3.38. The number of pyridine rings is 1. The van der Waals surface area contributed by atoms with Crippen LogP contribution in [-0.2, 0) is 6.42 Å². The van der Waals surface area contributed by atoms with Crippen LogP contribution in [0.4, 0.5) is 0 Å². The number of fused-ring (bicyclic) bond motifs is 3. The molecule has 4 aromatic carbocycles. The zero-order valence-electron chi connectivity index (χ0n) is 20.6.